The Balaban J connectivity index is 1.79. The molecule has 8 heteroatoms. The summed E-state index contributed by atoms with van der Waals surface area (Å²) in [5, 5.41) is 18.6. The predicted octanol–water partition coefficient (Wildman–Crippen LogP) is -0.338. The molecule has 0 aromatic carbocycles. The zero-order valence-electron chi connectivity index (χ0n) is 10.6. The third-order valence-electron chi connectivity index (χ3n) is 3.08. The molecule has 1 atom stereocenters. The molecule has 0 aliphatic carbocycles. The molecular formula is C11H16N4O4. The van der Waals surface area contributed by atoms with Crippen molar-refractivity contribution in [3.05, 3.63) is 11.9 Å². The lowest BCUT2D eigenvalue weighted by atomic mass is 10.0. The molecule has 1 aliphatic heterocycles. The largest absolute Gasteiger partial charge is 0.476 e. The van der Waals surface area contributed by atoms with Crippen molar-refractivity contribution in [3.8, 4) is 0 Å². The number of carboxylic acids is 1. The van der Waals surface area contributed by atoms with Crippen LogP contribution in [0.1, 0.15) is 30.3 Å². The van der Waals surface area contributed by atoms with Crippen molar-refractivity contribution in [1.82, 2.24) is 20.3 Å². The molecule has 1 aliphatic rings. The minimum Gasteiger partial charge on any atom is -0.476 e. The van der Waals surface area contributed by atoms with E-state index in [4.69, 9.17) is 9.84 Å². The van der Waals surface area contributed by atoms with Crippen LogP contribution in [0.4, 0.5) is 0 Å². The van der Waals surface area contributed by atoms with Gasteiger partial charge in [0.1, 0.15) is 5.60 Å². The summed E-state index contributed by atoms with van der Waals surface area (Å²) in [7, 11) is 0. The van der Waals surface area contributed by atoms with E-state index in [0.717, 1.165) is 6.42 Å². The van der Waals surface area contributed by atoms with Crippen molar-refractivity contribution < 1.29 is 19.4 Å². The fraction of sp³-hybridized carbons (Fsp3) is 0.636. The Morgan fingerprint density at radius 1 is 1.63 bits per heavy atom. The van der Waals surface area contributed by atoms with Crippen molar-refractivity contribution in [1.29, 1.82) is 0 Å². The van der Waals surface area contributed by atoms with Gasteiger partial charge in [-0.05, 0) is 19.8 Å². The van der Waals surface area contributed by atoms with Crippen LogP contribution in [0.15, 0.2) is 6.20 Å². The summed E-state index contributed by atoms with van der Waals surface area (Å²) < 4.78 is 6.79. The number of nitrogens with one attached hydrogen (secondary N) is 1. The van der Waals surface area contributed by atoms with E-state index in [1.165, 1.54) is 10.9 Å². The molecule has 1 aromatic rings. The van der Waals surface area contributed by atoms with Crippen LogP contribution in [0.25, 0.3) is 0 Å². The van der Waals surface area contributed by atoms with Gasteiger partial charge < -0.3 is 15.2 Å². The van der Waals surface area contributed by atoms with E-state index < -0.39 is 11.6 Å². The van der Waals surface area contributed by atoms with E-state index in [9.17, 15) is 9.59 Å². The highest BCUT2D eigenvalue weighted by Crippen LogP contribution is 2.24. The van der Waals surface area contributed by atoms with Gasteiger partial charge in [0.15, 0.2) is 5.69 Å². The number of carbonyl (C=O) groups excluding carboxylic acids is 1. The summed E-state index contributed by atoms with van der Waals surface area (Å²) in [5.74, 6) is -1.27. The van der Waals surface area contributed by atoms with E-state index in [2.05, 4.69) is 15.6 Å². The van der Waals surface area contributed by atoms with Gasteiger partial charge >= 0.3 is 5.97 Å². The number of aromatic carboxylic acids is 1. The lowest BCUT2D eigenvalue weighted by molar-refractivity contribution is -0.139. The number of amides is 1. The molecule has 1 amide bonds. The Morgan fingerprint density at radius 3 is 3.00 bits per heavy atom. The van der Waals surface area contributed by atoms with Crippen LogP contribution in [-0.4, -0.2) is 50.7 Å². The first-order valence-corrected chi connectivity index (χ1v) is 6.07. The Labute approximate surface area is 109 Å². The number of ether oxygens (including phenoxy) is 1. The maximum atomic E-state index is 11.9. The molecule has 0 bridgehead atoms. The van der Waals surface area contributed by atoms with Crippen LogP contribution in [0.5, 0.6) is 0 Å². The fourth-order valence-electron chi connectivity index (χ4n) is 1.93. The minimum atomic E-state index is -1.12. The van der Waals surface area contributed by atoms with Crippen LogP contribution in [0, 0.1) is 0 Å². The number of aromatic nitrogens is 3. The van der Waals surface area contributed by atoms with E-state index in [1.807, 2.05) is 0 Å². The van der Waals surface area contributed by atoms with Crippen LogP contribution in [0.3, 0.4) is 0 Å². The standard InChI is InChI=1S/C11H16N4O4/c1-11(3-2-6-19-11)10(18)12-4-5-15-7-8(9(16)17)13-14-15/h7H,2-6H2,1H3,(H,12,18)(H,16,17). The summed E-state index contributed by atoms with van der Waals surface area (Å²) >= 11 is 0. The second-order valence-corrected chi connectivity index (χ2v) is 4.61. The highest BCUT2D eigenvalue weighted by atomic mass is 16.5. The first-order chi connectivity index (χ1) is 9.01. The monoisotopic (exact) mass is 268 g/mol. The fourth-order valence-corrected chi connectivity index (χ4v) is 1.93. The molecule has 1 saturated heterocycles. The first-order valence-electron chi connectivity index (χ1n) is 6.07. The van der Waals surface area contributed by atoms with E-state index in [-0.39, 0.29) is 11.6 Å². The molecule has 2 heterocycles. The zero-order valence-corrected chi connectivity index (χ0v) is 10.6. The third-order valence-corrected chi connectivity index (χ3v) is 3.08. The van der Waals surface area contributed by atoms with Gasteiger partial charge in [-0.1, -0.05) is 5.21 Å². The SMILES string of the molecule is CC1(C(=O)NCCn2cc(C(=O)O)nn2)CCCO1. The number of carboxylic acid groups (broad SMARTS) is 1. The van der Waals surface area contributed by atoms with Crippen LogP contribution >= 0.6 is 0 Å². The van der Waals surface area contributed by atoms with Gasteiger partial charge in [0.2, 0.25) is 0 Å². The Morgan fingerprint density at radius 2 is 2.42 bits per heavy atom. The number of nitrogens with zero attached hydrogens (tertiary/aromatic N) is 3. The van der Waals surface area contributed by atoms with E-state index >= 15 is 0 Å². The Kier molecular flexibility index (Phi) is 3.79. The molecule has 2 N–H and O–H groups in total. The molecule has 19 heavy (non-hydrogen) atoms. The summed E-state index contributed by atoms with van der Waals surface area (Å²) in [6.07, 6.45) is 2.92. The van der Waals surface area contributed by atoms with Gasteiger partial charge in [-0.3, -0.25) is 4.79 Å². The summed E-state index contributed by atoms with van der Waals surface area (Å²) in [5.41, 5.74) is -0.855. The number of hydrogen-bond acceptors (Lipinski definition) is 5. The highest BCUT2D eigenvalue weighted by molar-refractivity contribution is 5.85. The molecule has 1 aromatic heterocycles. The van der Waals surface area contributed by atoms with Crippen LogP contribution in [0.2, 0.25) is 0 Å². The van der Waals surface area contributed by atoms with Crippen LogP contribution < -0.4 is 5.32 Å². The van der Waals surface area contributed by atoms with Gasteiger partial charge in [-0.15, -0.1) is 5.10 Å². The topological polar surface area (TPSA) is 106 Å². The maximum Gasteiger partial charge on any atom is 0.358 e. The lowest BCUT2D eigenvalue weighted by Crippen LogP contribution is -2.44. The van der Waals surface area contributed by atoms with E-state index in [1.54, 1.807) is 6.92 Å². The molecule has 104 valence electrons. The van der Waals surface area contributed by atoms with Gasteiger partial charge in [0.25, 0.3) is 5.91 Å². The zero-order chi connectivity index (χ0) is 13.9. The summed E-state index contributed by atoms with van der Waals surface area (Å²) in [4.78, 5) is 22.5. The van der Waals surface area contributed by atoms with Crippen molar-refractivity contribution in [2.75, 3.05) is 13.2 Å². The molecule has 8 nitrogen and oxygen atoms in total. The molecule has 0 spiro atoms. The van der Waals surface area contributed by atoms with Gasteiger partial charge in [0, 0.05) is 13.2 Å². The van der Waals surface area contributed by atoms with Crippen molar-refractivity contribution in [2.45, 2.75) is 31.9 Å². The van der Waals surface area contributed by atoms with Gasteiger partial charge in [-0.2, -0.15) is 0 Å². The van der Waals surface area contributed by atoms with Crippen molar-refractivity contribution >= 4 is 11.9 Å². The molecule has 1 fully saturated rings. The first kappa shape index (κ1) is 13.5. The number of hydrogen-bond donors (Lipinski definition) is 2. The second-order valence-electron chi connectivity index (χ2n) is 4.61. The minimum absolute atomic E-state index is 0.114. The molecular weight excluding hydrogens is 252 g/mol. The maximum absolute atomic E-state index is 11.9. The molecule has 1 unspecified atom stereocenters. The smallest absolute Gasteiger partial charge is 0.358 e. The molecule has 0 saturated carbocycles. The average molecular weight is 268 g/mol. The van der Waals surface area contributed by atoms with Crippen molar-refractivity contribution in [3.63, 3.8) is 0 Å². The van der Waals surface area contributed by atoms with Crippen LogP contribution in [-0.2, 0) is 16.1 Å². The third kappa shape index (κ3) is 3.08. The predicted molar refractivity (Wildman–Crippen MR) is 63.6 cm³/mol. The number of carbonyl (C=O) groups is 2. The number of rotatable bonds is 5. The van der Waals surface area contributed by atoms with Gasteiger partial charge in [0.05, 0.1) is 12.7 Å². The van der Waals surface area contributed by atoms with Gasteiger partial charge in [-0.25, -0.2) is 9.48 Å². The van der Waals surface area contributed by atoms with Crippen molar-refractivity contribution in [2.24, 2.45) is 0 Å². The quantitative estimate of drug-likeness (QED) is 0.756. The normalized spacial score (nSPS) is 22.4. The summed E-state index contributed by atoms with van der Waals surface area (Å²) in [6, 6.07) is 0. The molecule has 2 rings (SSSR count). The lowest BCUT2D eigenvalue weighted by Gasteiger charge is -2.21. The summed E-state index contributed by atoms with van der Waals surface area (Å²) in [6.45, 7) is 3.09. The second kappa shape index (κ2) is 5.35. The Bertz CT molecular complexity index is 479. The molecule has 0 radical (unpaired) electrons. The Hall–Kier alpha value is -1.96. The van der Waals surface area contributed by atoms with E-state index in [0.29, 0.717) is 26.1 Å². The average Bonchev–Trinajstić information content (AvgIpc) is 2.99. The highest BCUT2D eigenvalue weighted by Gasteiger charge is 2.37.